The van der Waals surface area contributed by atoms with Gasteiger partial charge in [-0.25, -0.2) is 0 Å². The highest BCUT2D eigenvalue weighted by molar-refractivity contribution is 4.90. The van der Waals surface area contributed by atoms with Crippen LogP contribution in [0.5, 0.6) is 0 Å². The van der Waals surface area contributed by atoms with E-state index in [0.717, 1.165) is 11.8 Å². The minimum Gasteiger partial charge on any atom is -0.316 e. The standard InChI is InChI=1S/C14H29N/c1-5-13(4)9-14(7-6-8-14)11-15-10-12(2)3/h12-13,15H,5-11H2,1-4H3. The third-order valence-electron chi connectivity index (χ3n) is 3.95. The van der Waals surface area contributed by atoms with Crippen LogP contribution in [-0.4, -0.2) is 13.1 Å². The molecule has 1 N–H and O–H groups in total. The molecule has 1 rings (SSSR count). The summed E-state index contributed by atoms with van der Waals surface area (Å²) in [5.41, 5.74) is 0.671. The number of hydrogen-bond acceptors (Lipinski definition) is 1. The van der Waals surface area contributed by atoms with Gasteiger partial charge in [0.15, 0.2) is 0 Å². The number of nitrogens with one attached hydrogen (secondary N) is 1. The predicted octanol–water partition coefficient (Wildman–Crippen LogP) is 3.84. The monoisotopic (exact) mass is 211 g/mol. The molecule has 0 radical (unpaired) electrons. The van der Waals surface area contributed by atoms with Crippen molar-refractivity contribution in [2.75, 3.05) is 13.1 Å². The Hall–Kier alpha value is -0.0400. The highest BCUT2D eigenvalue weighted by Crippen LogP contribution is 2.45. The van der Waals surface area contributed by atoms with E-state index < -0.39 is 0 Å². The van der Waals surface area contributed by atoms with Crippen molar-refractivity contribution in [2.45, 2.75) is 59.8 Å². The Kier molecular flexibility index (Phi) is 5.11. The van der Waals surface area contributed by atoms with Gasteiger partial charge in [-0.2, -0.15) is 0 Å². The van der Waals surface area contributed by atoms with Gasteiger partial charge in [-0.15, -0.1) is 0 Å². The van der Waals surface area contributed by atoms with Crippen LogP contribution in [0.15, 0.2) is 0 Å². The van der Waals surface area contributed by atoms with E-state index in [0.29, 0.717) is 5.41 Å². The maximum atomic E-state index is 3.66. The Morgan fingerprint density at radius 2 is 1.87 bits per heavy atom. The molecule has 0 aromatic rings. The van der Waals surface area contributed by atoms with Crippen molar-refractivity contribution in [3.05, 3.63) is 0 Å². The van der Waals surface area contributed by atoms with E-state index in [-0.39, 0.29) is 0 Å². The lowest BCUT2D eigenvalue weighted by atomic mass is 9.64. The summed E-state index contributed by atoms with van der Waals surface area (Å²) < 4.78 is 0. The van der Waals surface area contributed by atoms with Gasteiger partial charge in [0.2, 0.25) is 0 Å². The summed E-state index contributed by atoms with van der Waals surface area (Å²) in [5, 5.41) is 3.66. The lowest BCUT2D eigenvalue weighted by Gasteiger charge is -2.44. The molecule has 90 valence electrons. The minimum atomic E-state index is 0.671. The van der Waals surface area contributed by atoms with E-state index in [4.69, 9.17) is 0 Å². The van der Waals surface area contributed by atoms with Crippen LogP contribution in [0.1, 0.15) is 59.8 Å². The molecule has 1 atom stereocenters. The first-order chi connectivity index (χ1) is 7.08. The fourth-order valence-corrected chi connectivity index (χ4v) is 2.64. The van der Waals surface area contributed by atoms with Gasteiger partial charge in [0.25, 0.3) is 0 Å². The van der Waals surface area contributed by atoms with E-state index in [2.05, 4.69) is 33.0 Å². The first-order valence-electron chi connectivity index (χ1n) is 6.79. The lowest BCUT2D eigenvalue weighted by molar-refractivity contribution is 0.0929. The first-order valence-corrected chi connectivity index (χ1v) is 6.79. The zero-order valence-corrected chi connectivity index (χ0v) is 11.1. The average Bonchev–Trinajstić information content (AvgIpc) is 2.13. The smallest absolute Gasteiger partial charge is 0.000802 e. The molecule has 0 saturated heterocycles. The summed E-state index contributed by atoms with van der Waals surface area (Å²) in [5.74, 6) is 1.69. The topological polar surface area (TPSA) is 12.0 Å². The van der Waals surface area contributed by atoms with Crippen LogP contribution in [0, 0.1) is 17.3 Å². The Bertz CT molecular complexity index is 170. The van der Waals surface area contributed by atoms with Crippen LogP contribution < -0.4 is 5.32 Å². The molecule has 0 aromatic carbocycles. The molecule has 15 heavy (non-hydrogen) atoms. The molecule has 0 aliphatic heterocycles. The van der Waals surface area contributed by atoms with Gasteiger partial charge in [-0.1, -0.05) is 40.5 Å². The van der Waals surface area contributed by atoms with Crippen molar-refractivity contribution in [3.63, 3.8) is 0 Å². The van der Waals surface area contributed by atoms with E-state index in [1.807, 2.05) is 0 Å². The molecule has 1 nitrogen and oxygen atoms in total. The molecule has 1 unspecified atom stereocenters. The largest absolute Gasteiger partial charge is 0.316 e. The third kappa shape index (κ3) is 4.14. The van der Waals surface area contributed by atoms with E-state index in [1.54, 1.807) is 0 Å². The van der Waals surface area contributed by atoms with Crippen molar-refractivity contribution in [1.29, 1.82) is 0 Å². The highest BCUT2D eigenvalue weighted by Gasteiger charge is 2.37. The Morgan fingerprint density at radius 1 is 1.20 bits per heavy atom. The SMILES string of the molecule is CCC(C)CC1(CNCC(C)C)CCC1. The molecule has 1 heteroatoms. The van der Waals surface area contributed by atoms with Crippen LogP contribution in [0.4, 0.5) is 0 Å². The summed E-state index contributed by atoms with van der Waals surface area (Å²) >= 11 is 0. The molecule has 0 spiro atoms. The Morgan fingerprint density at radius 3 is 2.27 bits per heavy atom. The summed E-state index contributed by atoms with van der Waals surface area (Å²) in [4.78, 5) is 0. The second-order valence-corrected chi connectivity index (χ2v) is 6.10. The fraction of sp³-hybridized carbons (Fsp3) is 1.00. The fourth-order valence-electron chi connectivity index (χ4n) is 2.64. The molecule has 1 saturated carbocycles. The summed E-state index contributed by atoms with van der Waals surface area (Å²) in [7, 11) is 0. The van der Waals surface area contributed by atoms with Gasteiger partial charge in [0.1, 0.15) is 0 Å². The maximum absolute atomic E-state index is 3.66. The van der Waals surface area contributed by atoms with Crippen LogP contribution in [0.25, 0.3) is 0 Å². The van der Waals surface area contributed by atoms with Gasteiger partial charge >= 0.3 is 0 Å². The second-order valence-electron chi connectivity index (χ2n) is 6.10. The summed E-state index contributed by atoms with van der Waals surface area (Å²) in [6, 6.07) is 0. The summed E-state index contributed by atoms with van der Waals surface area (Å²) in [6.45, 7) is 11.7. The zero-order chi connectivity index (χ0) is 11.3. The number of hydrogen-bond donors (Lipinski definition) is 1. The van der Waals surface area contributed by atoms with Crippen molar-refractivity contribution in [2.24, 2.45) is 17.3 Å². The van der Waals surface area contributed by atoms with Gasteiger partial charge in [0, 0.05) is 6.54 Å². The molecule has 1 fully saturated rings. The van der Waals surface area contributed by atoms with E-state index >= 15 is 0 Å². The van der Waals surface area contributed by atoms with Gasteiger partial charge in [-0.05, 0) is 43.1 Å². The molecule has 0 bridgehead atoms. The van der Waals surface area contributed by atoms with Crippen molar-refractivity contribution in [1.82, 2.24) is 5.32 Å². The van der Waals surface area contributed by atoms with Crippen LogP contribution in [0.2, 0.25) is 0 Å². The molecular weight excluding hydrogens is 182 g/mol. The zero-order valence-electron chi connectivity index (χ0n) is 11.1. The van der Waals surface area contributed by atoms with Crippen LogP contribution in [-0.2, 0) is 0 Å². The Labute approximate surface area is 96.0 Å². The number of rotatable bonds is 7. The minimum absolute atomic E-state index is 0.671. The highest BCUT2D eigenvalue weighted by atomic mass is 14.9. The van der Waals surface area contributed by atoms with E-state index in [9.17, 15) is 0 Å². The van der Waals surface area contributed by atoms with Crippen molar-refractivity contribution < 1.29 is 0 Å². The van der Waals surface area contributed by atoms with Gasteiger partial charge in [-0.3, -0.25) is 0 Å². The maximum Gasteiger partial charge on any atom is 0.000802 e. The first kappa shape index (κ1) is 13.0. The molecular formula is C14H29N. The molecule has 0 heterocycles. The molecule has 0 amide bonds. The molecule has 1 aliphatic carbocycles. The summed E-state index contributed by atoms with van der Waals surface area (Å²) in [6.07, 6.45) is 7.16. The second kappa shape index (κ2) is 5.89. The molecule has 0 aromatic heterocycles. The molecule has 1 aliphatic rings. The van der Waals surface area contributed by atoms with Crippen LogP contribution in [0.3, 0.4) is 0 Å². The normalized spacial score (nSPS) is 21.4. The van der Waals surface area contributed by atoms with Crippen LogP contribution >= 0.6 is 0 Å². The predicted molar refractivity (Wildman–Crippen MR) is 68.1 cm³/mol. The van der Waals surface area contributed by atoms with Gasteiger partial charge < -0.3 is 5.32 Å². The average molecular weight is 211 g/mol. The third-order valence-corrected chi connectivity index (χ3v) is 3.95. The quantitative estimate of drug-likeness (QED) is 0.674. The lowest BCUT2D eigenvalue weighted by Crippen LogP contribution is -2.42. The van der Waals surface area contributed by atoms with Gasteiger partial charge in [0.05, 0.1) is 0 Å². The van der Waals surface area contributed by atoms with E-state index in [1.165, 1.54) is 45.2 Å². The van der Waals surface area contributed by atoms with Crippen molar-refractivity contribution in [3.8, 4) is 0 Å². The Balaban J connectivity index is 2.26. The van der Waals surface area contributed by atoms with Crippen molar-refractivity contribution >= 4 is 0 Å².